The first-order chi connectivity index (χ1) is 9.10. The molecule has 0 bridgehead atoms. The van der Waals surface area contributed by atoms with Crippen LogP contribution in [-0.2, 0) is 7.05 Å². The average Bonchev–Trinajstić information content (AvgIpc) is 2.85. The van der Waals surface area contributed by atoms with E-state index in [1.807, 2.05) is 17.9 Å². The zero-order valence-corrected chi connectivity index (χ0v) is 12.7. The molecule has 0 aliphatic heterocycles. The fourth-order valence-electron chi connectivity index (χ4n) is 2.12. The van der Waals surface area contributed by atoms with Crippen molar-refractivity contribution in [1.29, 1.82) is 0 Å². The number of nitrogens with zero attached hydrogens (tertiary/aromatic N) is 2. The molecule has 0 radical (unpaired) electrons. The second-order valence-corrected chi connectivity index (χ2v) is 5.71. The van der Waals surface area contributed by atoms with Crippen LogP contribution in [0.5, 0.6) is 0 Å². The van der Waals surface area contributed by atoms with Gasteiger partial charge in [0.2, 0.25) is 0 Å². The van der Waals surface area contributed by atoms with Gasteiger partial charge in [0.1, 0.15) is 0 Å². The number of nitrogens with one attached hydrogen (secondary N) is 1. The molecule has 1 N–H and O–H groups in total. The van der Waals surface area contributed by atoms with Crippen LogP contribution in [0.3, 0.4) is 0 Å². The van der Waals surface area contributed by atoms with Crippen molar-refractivity contribution < 1.29 is 0 Å². The molecule has 1 aromatic heterocycles. The quantitative estimate of drug-likeness (QED) is 0.846. The van der Waals surface area contributed by atoms with Crippen LogP contribution in [0.4, 0.5) is 0 Å². The molecule has 1 heterocycles. The van der Waals surface area contributed by atoms with Crippen molar-refractivity contribution >= 4 is 11.8 Å². The Balaban J connectivity index is 2.01. The summed E-state index contributed by atoms with van der Waals surface area (Å²) in [6, 6.07) is 9.36. The molecule has 1 aromatic carbocycles. The first-order valence-electron chi connectivity index (χ1n) is 6.48. The van der Waals surface area contributed by atoms with E-state index >= 15 is 0 Å². The normalized spacial score (nSPS) is 14.3. The van der Waals surface area contributed by atoms with Crippen molar-refractivity contribution in [3.05, 3.63) is 47.8 Å². The van der Waals surface area contributed by atoms with Crippen LogP contribution in [0.25, 0.3) is 0 Å². The Bertz CT molecular complexity index is 518. The van der Waals surface area contributed by atoms with E-state index < -0.39 is 0 Å². The van der Waals surface area contributed by atoms with E-state index in [2.05, 4.69) is 61.0 Å². The van der Waals surface area contributed by atoms with Gasteiger partial charge in [-0.1, -0.05) is 12.1 Å². The monoisotopic (exact) mass is 275 g/mol. The molecule has 0 aliphatic carbocycles. The van der Waals surface area contributed by atoms with Gasteiger partial charge >= 0.3 is 0 Å². The molecule has 0 saturated carbocycles. The Morgan fingerprint density at radius 1 is 1.11 bits per heavy atom. The molecule has 4 heteroatoms. The zero-order valence-electron chi connectivity index (χ0n) is 11.9. The molecule has 102 valence electrons. The molecule has 19 heavy (non-hydrogen) atoms. The second-order valence-electron chi connectivity index (χ2n) is 4.83. The molecule has 0 amide bonds. The van der Waals surface area contributed by atoms with Crippen molar-refractivity contribution in [3.8, 4) is 0 Å². The predicted octanol–water partition coefficient (Wildman–Crippen LogP) is 3.55. The van der Waals surface area contributed by atoms with Crippen molar-refractivity contribution in [3.63, 3.8) is 0 Å². The third-order valence-corrected chi connectivity index (χ3v) is 4.08. The first kappa shape index (κ1) is 14.2. The van der Waals surface area contributed by atoms with Gasteiger partial charge in [0.15, 0.2) is 0 Å². The third-order valence-electron chi connectivity index (χ3n) is 3.34. The van der Waals surface area contributed by atoms with Gasteiger partial charge in [-0.15, -0.1) is 11.8 Å². The molecule has 2 aromatic rings. The summed E-state index contributed by atoms with van der Waals surface area (Å²) in [6.45, 7) is 4.37. The number of benzene rings is 1. The first-order valence-corrected chi connectivity index (χ1v) is 7.71. The standard InChI is InChI=1S/C15H21N3S/c1-11(13-5-7-15(19-4)8-6-13)17-12(2)14-9-16-18(3)10-14/h5-12,17H,1-4H3. The minimum Gasteiger partial charge on any atom is -0.304 e. The van der Waals surface area contributed by atoms with Gasteiger partial charge in [-0.25, -0.2) is 0 Å². The molecule has 0 spiro atoms. The van der Waals surface area contributed by atoms with Crippen molar-refractivity contribution in [2.24, 2.45) is 7.05 Å². The van der Waals surface area contributed by atoms with Crippen LogP contribution in [-0.4, -0.2) is 16.0 Å². The van der Waals surface area contributed by atoms with Gasteiger partial charge in [-0.3, -0.25) is 4.68 Å². The van der Waals surface area contributed by atoms with Gasteiger partial charge < -0.3 is 5.32 Å². The summed E-state index contributed by atoms with van der Waals surface area (Å²) in [5.41, 5.74) is 2.53. The predicted molar refractivity (Wildman–Crippen MR) is 81.4 cm³/mol. The number of hydrogen-bond donors (Lipinski definition) is 1. The molecular weight excluding hydrogens is 254 g/mol. The maximum atomic E-state index is 4.21. The van der Waals surface area contributed by atoms with Gasteiger partial charge in [0, 0.05) is 35.8 Å². The molecule has 0 fully saturated rings. The number of thioether (sulfide) groups is 1. The Morgan fingerprint density at radius 2 is 1.74 bits per heavy atom. The van der Waals surface area contributed by atoms with Gasteiger partial charge in [0.05, 0.1) is 6.20 Å². The highest BCUT2D eigenvalue weighted by Crippen LogP contribution is 2.21. The molecule has 0 aliphatic rings. The highest BCUT2D eigenvalue weighted by atomic mass is 32.2. The van der Waals surface area contributed by atoms with Crippen LogP contribution >= 0.6 is 11.8 Å². The summed E-state index contributed by atoms with van der Waals surface area (Å²) in [7, 11) is 1.95. The smallest absolute Gasteiger partial charge is 0.0537 e. The lowest BCUT2D eigenvalue weighted by molar-refractivity contribution is 0.494. The van der Waals surface area contributed by atoms with Crippen LogP contribution in [0, 0.1) is 0 Å². The Labute approximate surface area is 119 Å². The fourth-order valence-corrected chi connectivity index (χ4v) is 2.53. The zero-order chi connectivity index (χ0) is 13.8. The van der Waals surface area contributed by atoms with E-state index in [0.717, 1.165) is 0 Å². The third kappa shape index (κ3) is 3.61. The number of hydrogen-bond acceptors (Lipinski definition) is 3. The van der Waals surface area contributed by atoms with Gasteiger partial charge in [-0.2, -0.15) is 5.10 Å². The maximum Gasteiger partial charge on any atom is 0.0537 e. The Morgan fingerprint density at radius 3 is 2.26 bits per heavy atom. The molecular formula is C15H21N3S. The Kier molecular flexibility index (Phi) is 4.66. The molecule has 2 atom stereocenters. The van der Waals surface area contributed by atoms with Crippen LogP contribution in [0.15, 0.2) is 41.6 Å². The lowest BCUT2D eigenvalue weighted by atomic mass is 10.1. The van der Waals surface area contributed by atoms with Gasteiger partial charge in [0.25, 0.3) is 0 Å². The largest absolute Gasteiger partial charge is 0.304 e. The second kappa shape index (κ2) is 6.26. The van der Waals surface area contributed by atoms with Crippen molar-refractivity contribution in [2.45, 2.75) is 30.8 Å². The summed E-state index contributed by atoms with van der Waals surface area (Å²) in [6.07, 6.45) is 6.07. The van der Waals surface area contributed by atoms with E-state index in [1.54, 1.807) is 11.8 Å². The van der Waals surface area contributed by atoms with E-state index in [4.69, 9.17) is 0 Å². The van der Waals surface area contributed by atoms with Crippen LogP contribution in [0.1, 0.15) is 37.1 Å². The van der Waals surface area contributed by atoms with E-state index in [9.17, 15) is 0 Å². The minimum atomic E-state index is 0.295. The highest BCUT2D eigenvalue weighted by molar-refractivity contribution is 7.98. The number of aryl methyl sites for hydroxylation is 1. The van der Waals surface area contributed by atoms with Crippen molar-refractivity contribution in [1.82, 2.24) is 15.1 Å². The van der Waals surface area contributed by atoms with Crippen LogP contribution < -0.4 is 5.32 Å². The van der Waals surface area contributed by atoms with Gasteiger partial charge in [-0.05, 0) is 37.8 Å². The summed E-state index contributed by atoms with van der Waals surface area (Å²) in [5.74, 6) is 0. The minimum absolute atomic E-state index is 0.295. The topological polar surface area (TPSA) is 29.9 Å². The van der Waals surface area contributed by atoms with E-state index in [-0.39, 0.29) is 0 Å². The lowest BCUT2D eigenvalue weighted by Gasteiger charge is -2.19. The van der Waals surface area contributed by atoms with E-state index in [0.29, 0.717) is 12.1 Å². The molecule has 2 unspecified atom stereocenters. The molecule has 3 nitrogen and oxygen atoms in total. The number of rotatable bonds is 5. The molecule has 2 rings (SSSR count). The SMILES string of the molecule is CSc1ccc(C(C)NC(C)c2cnn(C)c2)cc1. The summed E-state index contributed by atoms with van der Waals surface area (Å²) >= 11 is 1.77. The van der Waals surface area contributed by atoms with Crippen molar-refractivity contribution in [2.75, 3.05) is 6.26 Å². The van der Waals surface area contributed by atoms with Crippen LogP contribution in [0.2, 0.25) is 0 Å². The Hall–Kier alpha value is -1.26. The lowest BCUT2D eigenvalue weighted by Crippen LogP contribution is -2.22. The summed E-state index contributed by atoms with van der Waals surface area (Å²) in [4.78, 5) is 1.30. The molecule has 0 saturated heterocycles. The fraction of sp³-hybridized carbons (Fsp3) is 0.400. The summed E-state index contributed by atoms with van der Waals surface area (Å²) < 4.78 is 1.84. The van der Waals surface area contributed by atoms with E-state index in [1.165, 1.54) is 16.0 Å². The highest BCUT2D eigenvalue weighted by Gasteiger charge is 2.12. The average molecular weight is 275 g/mol. The summed E-state index contributed by atoms with van der Waals surface area (Å²) in [5, 5.41) is 7.82. The number of aromatic nitrogens is 2. The maximum absolute atomic E-state index is 4.21.